The minimum Gasteiger partial charge on any atom is -0.494 e. The molecule has 4 rings (SSSR count). The smallest absolute Gasteiger partial charge is 0.257 e. The molecule has 0 saturated heterocycles. The molecular formula is C23H26N6O3. The predicted octanol–water partition coefficient (Wildman–Crippen LogP) is 2.92. The summed E-state index contributed by atoms with van der Waals surface area (Å²) in [5.74, 6) is 2.12. The lowest BCUT2D eigenvalue weighted by Gasteiger charge is -2.28. The lowest BCUT2D eigenvalue weighted by Crippen LogP contribution is -2.31. The van der Waals surface area contributed by atoms with Crippen LogP contribution in [0.4, 0.5) is 11.8 Å². The zero-order valence-corrected chi connectivity index (χ0v) is 18.1. The summed E-state index contributed by atoms with van der Waals surface area (Å²) in [5, 5.41) is 19.9. The maximum Gasteiger partial charge on any atom is 0.257 e. The Morgan fingerprint density at radius 1 is 1.25 bits per heavy atom. The van der Waals surface area contributed by atoms with Gasteiger partial charge in [-0.25, -0.2) is 9.67 Å². The number of ether oxygens (including phenoxy) is 1. The molecule has 2 aromatic heterocycles. The highest BCUT2D eigenvalue weighted by atomic mass is 16.5. The van der Waals surface area contributed by atoms with Crippen molar-refractivity contribution >= 4 is 17.7 Å². The van der Waals surface area contributed by atoms with Crippen molar-refractivity contribution in [3.8, 4) is 5.75 Å². The number of amides is 1. The SMILES string of the molecule is CCOc1ccc(C2C(C(=O)Nc3ccccn3)=C(C)Nc3nc(CCCO)nn32)cc1. The first-order chi connectivity index (χ1) is 15.6. The van der Waals surface area contributed by atoms with E-state index in [0.29, 0.717) is 48.3 Å². The Hall–Kier alpha value is -3.72. The summed E-state index contributed by atoms with van der Waals surface area (Å²) >= 11 is 0. The highest BCUT2D eigenvalue weighted by molar-refractivity contribution is 6.05. The summed E-state index contributed by atoms with van der Waals surface area (Å²) in [6.07, 6.45) is 2.74. The first kappa shape index (κ1) is 21.5. The average Bonchev–Trinajstić information content (AvgIpc) is 3.20. The number of anilines is 2. The molecule has 32 heavy (non-hydrogen) atoms. The van der Waals surface area contributed by atoms with Gasteiger partial charge in [-0.3, -0.25) is 4.79 Å². The van der Waals surface area contributed by atoms with Crippen LogP contribution in [0.25, 0.3) is 0 Å². The lowest BCUT2D eigenvalue weighted by molar-refractivity contribution is -0.113. The second kappa shape index (κ2) is 9.61. The van der Waals surface area contributed by atoms with Crippen molar-refractivity contribution in [2.75, 3.05) is 23.8 Å². The van der Waals surface area contributed by atoms with Gasteiger partial charge in [-0.15, -0.1) is 0 Å². The molecule has 0 saturated carbocycles. The van der Waals surface area contributed by atoms with Crippen LogP contribution in [0.15, 0.2) is 59.9 Å². The van der Waals surface area contributed by atoms with E-state index >= 15 is 0 Å². The fourth-order valence-electron chi connectivity index (χ4n) is 3.67. The number of aliphatic hydroxyl groups is 1. The van der Waals surface area contributed by atoms with Gasteiger partial charge >= 0.3 is 0 Å². The summed E-state index contributed by atoms with van der Waals surface area (Å²) in [4.78, 5) is 22.1. The summed E-state index contributed by atoms with van der Waals surface area (Å²) < 4.78 is 7.30. The van der Waals surface area contributed by atoms with Gasteiger partial charge in [-0.1, -0.05) is 18.2 Å². The number of hydrogen-bond donors (Lipinski definition) is 3. The van der Waals surface area contributed by atoms with Crippen LogP contribution in [-0.4, -0.2) is 44.0 Å². The third-order valence-electron chi connectivity index (χ3n) is 5.11. The van der Waals surface area contributed by atoms with Crippen LogP contribution in [0.2, 0.25) is 0 Å². The van der Waals surface area contributed by atoms with Crippen molar-refractivity contribution in [1.82, 2.24) is 19.7 Å². The van der Waals surface area contributed by atoms with Crippen LogP contribution in [0.1, 0.15) is 37.7 Å². The van der Waals surface area contributed by atoms with Crippen LogP contribution >= 0.6 is 0 Å². The number of carbonyl (C=O) groups is 1. The quantitative estimate of drug-likeness (QED) is 0.499. The minimum absolute atomic E-state index is 0.0641. The van der Waals surface area contributed by atoms with Gasteiger partial charge < -0.3 is 20.5 Å². The van der Waals surface area contributed by atoms with Crippen molar-refractivity contribution in [2.24, 2.45) is 0 Å². The summed E-state index contributed by atoms with van der Waals surface area (Å²) in [6.45, 7) is 4.42. The van der Waals surface area contributed by atoms with Crippen LogP contribution in [0.3, 0.4) is 0 Å². The van der Waals surface area contributed by atoms with E-state index in [-0.39, 0.29) is 12.5 Å². The molecule has 3 aromatic rings. The minimum atomic E-state index is -0.485. The fourth-order valence-corrected chi connectivity index (χ4v) is 3.67. The summed E-state index contributed by atoms with van der Waals surface area (Å²) in [7, 11) is 0. The van der Waals surface area contributed by atoms with E-state index < -0.39 is 6.04 Å². The molecule has 166 valence electrons. The maximum atomic E-state index is 13.4. The normalized spacial score (nSPS) is 15.2. The number of aryl methyl sites for hydroxylation is 1. The lowest BCUT2D eigenvalue weighted by atomic mass is 9.95. The third-order valence-corrected chi connectivity index (χ3v) is 5.11. The fraction of sp³-hybridized carbons (Fsp3) is 0.304. The van der Waals surface area contributed by atoms with Gasteiger partial charge in [0.1, 0.15) is 17.6 Å². The molecule has 1 aromatic carbocycles. The van der Waals surface area contributed by atoms with E-state index in [1.54, 1.807) is 23.0 Å². The van der Waals surface area contributed by atoms with Crippen molar-refractivity contribution < 1.29 is 14.6 Å². The van der Waals surface area contributed by atoms with Gasteiger partial charge in [-0.2, -0.15) is 10.1 Å². The molecule has 1 aliphatic rings. The number of pyridine rings is 1. The van der Waals surface area contributed by atoms with Gasteiger partial charge in [-0.05, 0) is 50.1 Å². The molecule has 0 bridgehead atoms. The Morgan fingerprint density at radius 3 is 2.75 bits per heavy atom. The molecule has 1 unspecified atom stereocenters. The molecule has 0 spiro atoms. The molecule has 1 aliphatic heterocycles. The average molecular weight is 435 g/mol. The molecule has 1 atom stereocenters. The number of nitrogens with zero attached hydrogens (tertiary/aromatic N) is 4. The van der Waals surface area contributed by atoms with Gasteiger partial charge in [0, 0.05) is 24.9 Å². The van der Waals surface area contributed by atoms with Crippen LogP contribution < -0.4 is 15.4 Å². The number of rotatable bonds is 8. The van der Waals surface area contributed by atoms with E-state index in [4.69, 9.17) is 4.74 Å². The standard InChI is InChI=1S/C23H26N6O3/c1-3-32-17-11-9-16(10-12-17)21-20(22(31)26-18-7-4-5-13-24-18)15(2)25-23-27-19(8-6-14-30)28-29(21)23/h4-5,7,9-13,21,30H,3,6,8,14H2,1-2H3,(H,24,26,31)(H,25,27,28). The monoisotopic (exact) mass is 434 g/mol. The van der Waals surface area contributed by atoms with Crippen LogP contribution in [0, 0.1) is 0 Å². The van der Waals surface area contributed by atoms with E-state index in [1.807, 2.05) is 44.2 Å². The molecule has 9 nitrogen and oxygen atoms in total. The summed E-state index contributed by atoms with van der Waals surface area (Å²) in [5.41, 5.74) is 2.08. The zero-order valence-electron chi connectivity index (χ0n) is 18.1. The number of nitrogens with one attached hydrogen (secondary N) is 2. The van der Waals surface area contributed by atoms with Crippen molar-refractivity contribution in [1.29, 1.82) is 0 Å². The Labute approximate surface area is 186 Å². The highest BCUT2D eigenvalue weighted by Crippen LogP contribution is 2.36. The first-order valence-corrected chi connectivity index (χ1v) is 10.6. The second-order valence-electron chi connectivity index (χ2n) is 7.36. The Bertz CT molecular complexity index is 1110. The molecule has 3 N–H and O–H groups in total. The van der Waals surface area contributed by atoms with Gasteiger partial charge in [0.15, 0.2) is 5.82 Å². The Kier molecular flexibility index (Phi) is 6.46. The Balaban J connectivity index is 1.74. The molecule has 0 aliphatic carbocycles. The largest absolute Gasteiger partial charge is 0.494 e. The highest BCUT2D eigenvalue weighted by Gasteiger charge is 2.34. The predicted molar refractivity (Wildman–Crippen MR) is 120 cm³/mol. The van der Waals surface area contributed by atoms with Gasteiger partial charge in [0.05, 0.1) is 12.2 Å². The Morgan fingerprint density at radius 2 is 2.06 bits per heavy atom. The molecule has 0 radical (unpaired) electrons. The number of fused-ring (bicyclic) bond motifs is 1. The molecule has 1 amide bonds. The second-order valence-corrected chi connectivity index (χ2v) is 7.36. The topological polar surface area (TPSA) is 114 Å². The van der Waals surface area contributed by atoms with Crippen LogP contribution in [-0.2, 0) is 11.2 Å². The van der Waals surface area contributed by atoms with Crippen molar-refractivity contribution in [2.45, 2.75) is 32.7 Å². The number of hydrogen-bond acceptors (Lipinski definition) is 7. The first-order valence-electron chi connectivity index (χ1n) is 10.6. The van der Waals surface area contributed by atoms with Gasteiger partial charge in [0.25, 0.3) is 5.91 Å². The zero-order chi connectivity index (χ0) is 22.5. The van der Waals surface area contributed by atoms with Crippen LogP contribution in [0.5, 0.6) is 5.75 Å². The van der Waals surface area contributed by atoms with Crippen molar-refractivity contribution in [3.63, 3.8) is 0 Å². The van der Waals surface area contributed by atoms with Gasteiger partial charge in [0.2, 0.25) is 5.95 Å². The molecule has 3 heterocycles. The number of carbonyl (C=O) groups excluding carboxylic acids is 1. The number of aromatic nitrogens is 4. The van der Waals surface area contributed by atoms with E-state index in [1.165, 1.54) is 0 Å². The van der Waals surface area contributed by atoms with E-state index in [0.717, 1.165) is 11.3 Å². The van der Waals surface area contributed by atoms with E-state index in [2.05, 4.69) is 25.7 Å². The molecular weight excluding hydrogens is 408 g/mol. The van der Waals surface area contributed by atoms with E-state index in [9.17, 15) is 9.90 Å². The number of allylic oxidation sites excluding steroid dienone is 1. The summed E-state index contributed by atoms with van der Waals surface area (Å²) in [6, 6.07) is 12.5. The third kappa shape index (κ3) is 4.47. The number of aliphatic hydroxyl groups excluding tert-OH is 1. The molecule has 9 heteroatoms. The number of benzene rings is 1. The molecule has 0 fully saturated rings. The van der Waals surface area contributed by atoms with Crippen molar-refractivity contribution in [3.05, 3.63) is 71.3 Å². The maximum absolute atomic E-state index is 13.4.